The van der Waals surface area contributed by atoms with Gasteiger partial charge in [0.15, 0.2) is 0 Å². The van der Waals surface area contributed by atoms with Crippen LogP contribution in [0, 0.1) is 22.9 Å². The van der Waals surface area contributed by atoms with Crippen LogP contribution in [0.2, 0.25) is 0 Å². The summed E-state index contributed by atoms with van der Waals surface area (Å²) in [4.78, 5) is 12.6. The molecule has 0 N–H and O–H groups in total. The number of nitro groups is 1. The fourth-order valence-corrected chi connectivity index (χ4v) is 2.95. The monoisotopic (exact) mass is 362 g/mol. The van der Waals surface area contributed by atoms with Crippen molar-refractivity contribution >= 4 is 33.4 Å². The van der Waals surface area contributed by atoms with Crippen LogP contribution in [-0.2, 0) is 0 Å². The van der Waals surface area contributed by atoms with Gasteiger partial charge in [0.05, 0.1) is 4.92 Å². The number of anilines is 2. The molecule has 0 fully saturated rings. The second kappa shape index (κ2) is 5.53. The minimum absolute atomic E-state index is 0.0780. The molecule has 0 aromatic heterocycles. The van der Waals surface area contributed by atoms with E-state index in [-0.39, 0.29) is 18.1 Å². The van der Waals surface area contributed by atoms with E-state index in [1.807, 2.05) is 18.2 Å². The van der Waals surface area contributed by atoms with Crippen molar-refractivity contribution in [3.63, 3.8) is 0 Å². The number of fused-ring (bicyclic) bond motifs is 1. The van der Waals surface area contributed by atoms with E-state index in [2.05, 4.69) is 15.9 Å². The van der Waals surface area contributed by atoms with Gasteiger partial charge in [-0.1, -0.05) is 22.0 Å². The summed E-state index contributed by atoms with van der Waals surface area (Å²) < 4.78 is 14.7. The quantitative estimate of drug-likeness (QED) is 0.576. The predicted octanol–water partition coefficient (Wildman–Crippen LogP) is 4.67. The molecule has 3 rings (SSSR count). The SMILES string of the molecule is Cc1c(F)cccc1N1CC([N+](=O)[O-])=Cc2cc(Br)ccc21. The van der Waals surface area contributed by atoms with Gasteiger partial charge in [-0.25, -0.2) is 4.39 Å². The van der Waals surface area contributed by atoms with Crippen molar-refractivity contribution in [1.29, 1.82) is 0 Å². The molecule has 1 aliphatic heterocycles. The van der Waals surface area contributed by atoms with E-state index in [1.165, 1.54) is 6.07 Å². The first-order valence-corrected chi connectivity index (χ1v) is 7.44. The molecule has 0 bridgehead atoms. The molecule has 0 saturated carbocycles. The standard InChI is InChI=1S/C16H12BrFN2O2/c1-10-14(18)3-2-4-15(10)19-9-13(20(21)22)8-11-7-12(17)5-6-16(11)19/h2-8H,9H2,1H3. The van der Waals surface area contributed by atoms with Gasteiger partial charge in [0.25, 0.3) is 5.70 Å². The van der Waals surface area contributed by atoms with Crippen LogP contribution in [0.15, 0.2) is 46.6 Å². The molecular weight excluding hydrogens is 351 g/mol. The Morgan fingerprint density at radius 1 is 1.27 bits per heavy atom. The highest BCUT2D eigenvalue weighted by Gasteiger charge is 2.27. The zero-order valence-electron chi connectivity index (χ0n) is 11.7. The Kier molecular flexibility index (Phi) is 3.70. The van der Waals surface area contributed by atoms with Gasteiger partial charge in [0, 0.05) is 33.1 Å². The molecular formula is C16H12BrFN2O2. The summed E-state index contributed by atoms with van der Waals surface area (Å²) in [5.74, 6) is -0.326. The topological polar surface area (TPSA) is 46.4 Å². The minimum Gasteiger partial charge on any atom is -0.330 e. The summed E-state index contributed by atoms with van der Waals surface area (Å²) in [7, 11) is 0. The normalized spacial score (nSPS) is 13.6. The fourth-order valence-electron chi connectivity index (χ4n) is 2.57. The van der Waals surface area contributed by atoms with Gasteiger partial charge in [-0.3, -0.25) is 10.1 Å². The summed E-state index contributed by atoms with van der Waals surface area (Å²) in [5.41, 5.74) is 2.74. The van der Waals surface area contributed by atoms with E-state index in [0.29, 0.717) is 11.3 Å². The van der Waals surface area contributed by atoms with Gasteiger partial charge >= 0.3 is 0 Å². The number of hydrogen-bond acceptors (Lipinski definition) is 3. The summed E-state index contributed by atoms with van der Waals surface area (Å²) in [6.07, 6.45) is 1.56. The van der Waals surface area contributed by atoms with Gasteiger partial charge < -0.3 is 4.90 Å². The summed E-state index contributed by atoms with van der Waals surface area (Å²) in [6.45, 7) is 1.78. The Labute approximate surface area is 135 Å². The molecule has 1 heterocycles. The van der Waals surface area contributed by atoms with Crippen LogP contribution in [0.25, 0.3) is 6.08 Å². The van der Waals surface area contributed by atoms with Crippen molar-refractivity contribution in [2.75, 3.05) is 11.4 Å². The van der Waals surface area contributed by atoms with E-state index in [9.17, 15) is 14.5 Å². The van der Waals surface area contributed by atoms with E-state index in [0.717, 1.165) is 15.7 Å². The van der Waals surface area contributed by atoms with Gasteiger partial charge in [-0.2, -0.15) is 0 Å². The van der Waals surface area contributed by atoms with Gasteiger partial charge in [0.1, 0.15) is 12.4 Å². The molecule has 1 aliphatic rings. The zero-order chi connectivity index (χ0) is 15.9. The Morgan fingerprint density at radius 2 is 2.05 bits per heavy atom. The lowest BCUT2D eigenvalue weighted by atomic mass is 10.0. The van der Waals surface area contributed by atoms with Crippen LogP contribution in [0.1, 0.15) is 11.1 Å². The third-order valence-corrected chi connectivity index (χ3v) is 4.18. The van der Waals surface area contributed by atoms with Crippen molar-refractivity contribution in [1.82, 2.24) is 0 Å². The highest BCUT2D eigenvalue weighted by Crippen LogP contribution is 2.38. The smallest absolute Gasteiger partial charge is 0.266 e. The Hall–Kier alpha value is -2.21. The van der Waals surface area contributed by atoms with Crippen LogP contribution < -0.4 is 4.90 Å². The van der Waals surface area contributed by atoms with E-state index in [4.69, 9.17) is 0 Å². The molecule has 6 heteroatoms. The predicted molar refractivity (Wildman–Crippen MR) is 87.3 cm³/mol. The lowest BCUT2D eigenvalue weighted by Crippen LogP contribution is -2.27. The molecule has 4 nitrogen and oxygen atoms in total. The maximum absolute atomic E-state index is 13.8. The van der Waals surface area contributed by atoms with Crippen molar-refractivity contribution < 1.29 is 9.31 Å². The van der Waals surface area contributed by atoms with Crippen molar-refractivity contribution in [2.45, 2.75) is 6.92 Å². The van der Waals surface area contributed by atoms with Crippen LogP contribution in [0.5, 0.6) is 0 Å². The molecule has 0 radical (unpaired) electrons. The molecule has 0 aliphatic carbocycles. The third-order valence-electron chi connectivity index (χ3n) is 3.69. The molecule has 2 aromatic rings. The van der Waals surface area contributed by atoms with Gasteiger partial charge in [-0.05, 0) is 37.3 Å². The molecule has 2 aromatic carbocycles. The number of halogens is 2. The van der Waals surface area contributed by atoms with Gasteiger partial charge in [0.2, 0.25) is 0 Å². The molecule has 0 spiro atoms. The molecule has 112 valence electrons. The lowest BCUT2D eigenvalue weighted by Gasteiger charge is -2.29. The Morgan fingerprint density at radius 3 is 2.77 bits per heavy atom. The van der Waals surface area contributed by atoms with Crippen molar-refractivity contribution in [3.05, 3.63) is 73.6 Å². The first kappa shape index (κ1) is 14.7. The van der Waals surface area contributed by atoms with Crippen LogP contribution in [0.4, 0.5) is 15.8 Å². The summed E-state index contributed by atoms with van der Waals surface area (Å²) in [5, 5.41) is 11.2. The average molecular weight is 363 g/mol. The van der Waals surface area contributed by atoms with Crippen LogP contribution in [-0.4, -0.2) is 11.5 Å². The molecule has 0 amide bonds. The Bertz CT molecular complexity index is 805. The highest BCUT2D eigenvalue weighted by atomic mass is 79.9. The van der Waals surface area contributed by atoms with Crippen molar-refractivity contribution in [2.24, 2.45) is 0 Å². The maximum Gasteiger partial charge on any atom is 0.266 e. The first-order valence-electron chi connectivity index (χ1n) is 6.64. The Balaban J connectivity index is 2.19. The lowest BCUT2D eigenvalue weighted by molar-refractivity contribution is -0.423. The number of rotatable bonds is 2. The highest BCUT2D eigenvalue weighted by molar-refractivity contribution is 9.10. The van der Waals surface area contributed by atoms with Crippen molar-refractivity contribution in [3.8, 4) is 0 Å². The third kappa shape index (κ3) is 2.50. The average Bonchev–Trinajstić information content (AvgIpc) is 2.48. The van der Waals surface area contributed by atoms with E-state index in [1.54, 1.807) is 30.0 Å². The van der Waals surface area contributed by atoms with Gasteiger partial charge in [-0.15, -0.1) is 0 Å². The van der Waals surface area contributed by atoms with E-state index < -0.39 is 4.92 Å². The summed E-state index contributed by atoms with van der Waals surface area (Å²) in [6, 6.07) is 10.3. The fraction of sp³-hybridized carbons (Fsp3) is 0.125. The molecule has 0 atom stereocenters. The maximum atomic E-state index is 13.8. The number of hydrogen-bond donors (Lipinski definition) is 0. The molecule has 0 saturated heterocycles. The molecule has 0 unspecified atom stereocenters. The minimum atomic E-state index is -0.397. The zero-order valence-corrected chi connectivity index (χ0v) is 13.3. The number of nitrogens with zero attached hydrogens (tertiary/aromatic N) is 2. The largest absolute Gasteiger partial charge is 0.330 e. The second-order valence-electron chi connectivity index (χ2n) is 5.07. The molecule has 22 heavy (non-hydrogen) atoms. The van der Waals surface area contributed by atoms with Crippen LogP contribution in [0.3, 0.4) is 0 Å². The summed E-state index contributed by atoms with van der Waals surface area (Å²) >= 11 is 3.37. The number of benzene rings is 2. The second-order valence-corrected chi connectivity index (χ2v) is 5.98. The van der Waals surface area contributed by atoms with E-state index >= 15 is 0 Å². The van der Waals surface area contributed by atoms with Crippen LogP contribution >= 0.6 is 15.9 Å². The first-order chi connectivity index (χ1) is 10.5.